The highest BCUT2D eigenvalue weighted by atomic mass is 16.5. The van der Waals surface area contributed by atoms with Crippen LogP contribution in [0.15, 0.2) is 48.8 Å². The number of pyridine rings is 1. The number of fused-ring (bicyclic) bond motifs is 1. The fraction of sp³-hybridized carbons (Fsp3) is 0.300. The summed E-state index contributed by atoms with van der Waals surface area (Å²) >= 11 is 0. The number of hydrogen-bond donors (Lipinski definition) is 1. The van der Waals surface area contributed by atoms with Crippen LogP contribution in [0.3, 0.4) is 0 Å². The Morgan fingerprint density at radius 1 is 1.08 bits per heavy atom. The summed E-state index contributed by atoms with van der Waals surface area (Å²) in [6.07, 6.45) is 6.72. The van der Waals surface area contributed by atoms with Crippen LogP contribution in [-0.4, -0.2) is 34.6 Å². The molecule has 2 aromatic heterocycles. The second kappa shape index (κ2) is 8.89. The van der Waals surface area contributed by atoms with Crippen molar-refractivity contribution >= 4 is 22.7 Å². The van der Waals surface area contributed by atoms with Crippen LogP contribution >= 0.6 is 0 Å². The number of carbonyl (C=O) groups excluding carboxylic acids is 1. The smallest absolute Gasteiger partial charge is 0.305 e. The van der Waals surface area contributed by atoms with Gasteiger partial charge in [-0.3, -0.25) is 9.78 Å². The second-order valence-electron chi connectivity index (χ2n) is 5.97. The zero-order valence-corrected chi connectivity index (χ0v) is 14.8. The van der Waals surface area contributed by atoms with Crippen LogP contribution in [-0.2, 0) is 9.53 Å². The molecule has 6 heteroatoms. The first-order valence-corrected chi connectivity index (χ1v) is 8.76. The molecule has 3 aromatic rings. The van der Waals surface area contributed by atoms with E-state index in [-0.39, 0.29) is 5.97 Å². The Morgan fingerprint density at radius 3 is 2.77 bits per heavy atom. The van der Waals surface area contributed by atoms with Gasteiger partial charge in [-0.25, -0.2) is 9.97 Å². The maximum Gasteiger partial charge on any atom is 0.305 e. The van der Waals surface area contributed by atoms with Gasteiger partial charge in [-0.1, -0.05) is 18.6 Å². The van der Waals surface area contributed by atoms with Gasteiger partial charge < -0.3 is 10.1 Å². The summed E-state index contributed by atoms with van der Waals surface area (Å²) in [6.45, 7) is 0.786. The Bertz CT molecular complexity index is 868. The number of benzene rings is 1. The molecule has 26 heavy (non-hydrogen) atoms. The molecule has 0 amide bonds. The zero-order chi connectivity index (χ0) is 18.2. The monoisotopic (exact) mass is 350 g/mol. The van der Waals surface area contributed by atoms with E-state index in [9.17, 15) is 4.79 Å². The summed E-state index contributed by atoms with van der Waals surface area (Å²) in [5.74, 6) is 1.33. The zero-order valence-electron chi connectivity index (χ0n) is 14.8. The van der Waals surface area contributed by atoms with Crippen molar-refractivity contribution in [3.63, 3.8) is 0 Å². The number of nitrogens with one attached hydrogen (secondary N) is 1. The van der Waals surface area contributed by atoms with E-state index < -0.39 is 0 Å². The quantitative estimate of drug-likeness (QED) is 0.491. The minimum absolute atomic E-state index is 0.152. The average molecular weight is 350 g/mol. The molecule has 0 aliphatic rings. The van der Waals surface area contributed by atoms with E-state index >= 15 is 0 Å². The largest absolute Gasteiger partial charge is 0.469 e. The van der Waals surface area contributed by atoms with E-state index in [1.165, 1.54) is 7.11 Å². The number of rotatable bonds is 8. The lowest BCUT2D eigenvalue weighted by Gasteiger charge is -2.11. The highest BCUT2D eigenvalue weighted by molar-refractivity contribution is 5.90. The topological polar surface area (TPSA) is 77.0 Å². The molecule has 0 saturated heterocycles. The van der Waals surface area contributed by atoms with Gasteiger partial charge in [0.25, 0.3) is 0 Å². The number of nitrogens with zero attached hydrogens (tertiary/aromatic N) is 3. The van der Waals surface area contributed by atoms with Crippen LogP contribution < -0.4 is 5.32 Å². The Morgan fingerprint density at radius 2 is 1.96 bits per heavy atom. The molecular weight excluding hydrogens is 328 g/mol. The number of methoxy groups -OCH3 is 1. The van der Waals surface area contributed by atoms with Crippen molar-refractivity contribution in [1.29, 1.82) is 0 Å². The van der Waals surface area contributed by atoms with Gasteiger partial charge in [0.2, 0.25) is 0 Å². The van der Waals surface area contributed by atoms with Gasteiger partial charge in [0.15, 0.2) is 5.82 Å². The molecule has 3 rings (SSSR count). The SMILES string of the molecule is COC(=O)CCCCCNc1nc(-c2cccnc2)nc2ccccc12. The lowest BCUT2D eigenvalue weighted by molar-refractivity contribution is -0.140. The fourth-order valence-corrected chi connectivity index (χ4v) is 2.72. The van der Waals surface area contributed by atoms with E-state index in [1.54, 1.807) is 12.4 Å². The van der Waals surface area contributed by atoms with E-state index in [0.29, 0.717) is 12.2 Å². The first-order chi connectivity index (χ1) is 12.8. The molecule has 0 unspecified atom stereocenters. The van der Waals surface area contributed by atoms with E-state index in [4.69, 9.17) is 4.98 Å². The summed E-state index contributed by atoms with van der Waals surface area (Å²) in [4.78, 5) is 24.6. The molecule has 0 atom stereocenters. The molecule has 1 aromatic carbocycles. The molecule has 0 aliphatic carbocycles. The van der Waals surface area contributed by atoms with Crippen LogP contribution in [0.25, 0.3) is 22.3 Å². The first kappa shape index (κ1) is 17.8. The number of ether oxygens (including phenoxy) is 1. The summed E-state index contributed by atoms with van der Waals surface area (Å²) < 4.78 is 4.65. The van der Waals surface area contributed by atoms with E-state index in [0.717, 1.165) is 48.1 Å². The Kier molecular flexibility index (Phi) is 6.09. The number of aromatic nitrogens is 3. The Balaban J connectivity index is 1.70. The van der Waals surface area contributed by atoms with E-state index in [1.807, 2.05) is 36.4 Å². The predicted molar refractivity (Wildman–Crippen MR) is 102 cm³/mol. The van der Waals surface area contributed by atoms with Gasteiger partial charge in [-0.2, -0.15) is 0 Å². The van der Waals surface area contributed by atoms with Crippen molar-refractivity contribution in [2.45, 2.75) is 25.7 Å². The molecule has 6 nitrogen and oxygen atoms in total. The lowest BCUT2D eigenvalue weighted by Crippen LogP contribution is -2.06. The minimum atomic E-state index is -0.152. The number of hydrogen-bond acceptors (Lipinski definition) is 6. The highest BCUT2D eigenvalue weighted by Crippen LogP contribution is 2.24. The van der Waals surface area contributed by atoms with Crippen molar-refractivity contribution in [3.05, 3.63) is 48.8 Å². The Labute approximate surface area is 152 Å². The van der Waals surface area contributed by atoms with Gasteiger partial charge in [0, 0.05) is 36.3 Å². The third kappa shape index (κ3) is 4.53. The number of carbonyl (C=O) groups is 1. The molecular formula is C20H22N4O2. The van der Waals surface area contributed by atoms with Crippen LogP contribution in [0, 0.1) is 0 Å². The fourth-order valence-electron chi connectivity index (χ4n) is 2.72. The molecule has 2 heterocycles. The average Bonchev–Trinajstić information content (AvgIpc) is 2.70. The number of anilines is 1. The predicted octanol–water partition coefficient (Wildman–Crippen LogP) is 3.84. The molecule has 134 valence electrons. The van der Waals surface area contributed by atoms with E-state index in [2.05, 4.69) is 20.0 Å². The van der Waals surface area contributed by atoms with Crippen LogP contribution in [0.4, 0.5) is 5.82 Å². The maximum atomic E-state index is 11.1. The lowest BCUT2D eigenvalue weighted by atomic mass is 10.2. The van der Waals surface area contributed by atoms with Crippen molar-refractivity contribution in [2.75, 3.05) is 19.0 Å². The molecule has 0 fully saturated rings. The van der Waals surface area contributed by atoms with Gasteiger partial charge in [0.1, 0.15) is 5.82 Å². The van der Waals surface area contributed by atoms with Crippen molar-refractivity contribution in [3.8, 4) is 11.4 Å². The third-order valence-electron chi connectivity index (χ3n) is 4.10. The number of unbranched alkanes of at least 4 members (excludes halogenated alkanes) is 2. The standard InChI is InChI=1S/C20H22N4O2/c1-26-18(25)11-3-2-6-13-22-20-16-9-4-5-10-17(16)23-19(24-20)15-8-7-12-21-14-15/h4-5,7-10,12,14H,2-3,6,11,13H2,1H3,(H,22,23,24). The van der Waals surface area contributed by atoms with Gasteiger partial charge >= 0.3 is 5.97 Å². The summed E-state index contributed by atoms with van der Waals surface area (Å²) in [5, 5.41) is 4.41. The Hall–Kier alpha value is -3.02. The minimum Gasteiger partial charge on any atom is -0.469 e. The molecule has 0 bridgehead atoms. The van der Waals surface area contributed by atoms with Crippen LogP contribution in [0.1, 0.15) is 25.7 Å². The van der Waals surface area contributed by atoms with Crippen LogP contribution in [0.2, 0.25) is 0 Å². The second-order valence-corrected chi connectivity index (χ2v) is 5.97. The molecule has 0 saturated carbocycles. The molecule has 0 spiro atoms. The number of esters is 1. The summed E-state index contributed by atoms with van der Waals surface area (Å²) in [7, 11) is 1.42. The van der Waals surface area contributed by atoms with Gasteiger partial charge in [0.05, 0.1) is 12.6 Å². The van der Waals surface area contributed by atoms with Crippen molar-refractivity contribution < 1.29 is 9.53 Å². The van der Waals surface area contributed by atoms with Gasteiger partial charge in [-0.05, 0) is 37.1 Å². The van der Waals surface area contributed by atoms with Crippen molar-refractivity contribution in [2.24, 2.45) is 0 Å². The van der Waals surface area contributed by atoms with Crippen LogP contribution in [0.5, 0.6) is 0 Å². The van der Waals surface area contributed by atoms with Crippen molar-refractivity contribution in [1.82, 2.24) is 15.0 Å². The third-order valence-corrected chi connectivity index (χ3v) is 4.10. The highest BCUT2D eigenvalue weighted by Gasteiger charge is 2.09. The summed E-state index contributed by atoms with van der Waals surface area (Å²) in [6, 6.07) is 11.8. The molecule has 0 aliphatic heterocycles. The summed E-state index contributed by atoms with van der Waals surface area (Å²) in [5.41, 5.74) is 1.79. The first-order valence-electron chi connectivity index (χ1n) is 8.76. The molecule has 1 N–H and O–H groups in total. The maximum absolute atomic E-state index is 11.1. The van der Waals surface area contributed by atoms with Gasteiger partial charge in [-0.15, -0.1) is 0 Å². The normalized spacial score (nSPS) is 10.7. The molecule has 0 radical (unpaired) electrons. The number of para-hydroxylation sites is 1.